The highest BCUT2D eigenvalue weighted by Gasteiger charge is 2.35. The van der Waals surface area contributed by atoms with Crippen molar-refractivity contribution in [2.75, 3.05) is 0 Å². The molecule has 0 saturated heterocycles. The predicted octanol–water partition coefficient (Wildman–Crippen LogP) is 8.32. The van der Waals surface area contributed by atoms with Gasteiger partial charge in [0.1, 0.15) is 5.75 Å². The van der Waals surface area contributed by atoms with Crippen molar-refractivity contribution in [2.24, 2.45) is 5.92 Å². The number of benzene rings is 1. The quantitative estimate of drug-likeness (QED) is 0.441. The topological polar surface area (TPSA) is 20.2 Å². The van der Waals surface area contributed by atoms with Crippen molar-refractivity contribution in [3.63, 3.8) is 0 Å². The number of phenolic OH excluding ortho intramolecular Hbond substituents is 1. The van der Waals surface area contributed by atoms with Crippen LogP contribution in [0.2, 0.25) is 0 Å². The molecule has 0 radical (unpaired) electrons. The molecule has 1 aromatic rings. The summed E-state index contributed by atoms with van der Waals surface area (Å²) in [5.41, 5.74) is 2.87. The van der Waals surface area contributed by atoms with E-state index in [4.69, 9.17) is 0 Å². The highest BCUT2D eigenvalue weighted by atomic mass is 127. The molecule has 0 amide bonds. The zero-order chi connectivity index (χ0) is 19.2. The van der Waals surface area contributed by atoms with Gasteiger partial charge in [-0.15, -0.1) is 0 Å². The summed E-state index contributed by atoms with van der Waals surface area (Å²) < 4.78 is 1.02. The molecule has 148 valence electrons. The van der Waals surface area contributed by atoms with E-state index in [2.05, 4.69) is 62.4 Å². The van der Waals surface area contributed by atoms with Crippen molar-refractivity contribution in [1.29, 1.82) is 0 Å². The molecule has 0 aromatic heterocycles. The smallest absolute Gasteiger partial charge is 0.132 e. The van der Waals surface area contributed by atoms with Gasteiger partial charge in [-0.1, -0.05) is 91.5 Å². The third-order valence-corrected chi connectivity index (χ3v) is 7.46. The van der Waals surface area contributed by atoms with Gasteiger partial charge in [-0.25, -0.2) is 0 Å². The summed E-state index contributed by atoms with van der Waals surface area (Å²) in [6.45, 7) is 9.22. The molecule has 1 saturated carbocycles. The average Bonchev–Trinajstić information content (AvgIpc) is 2.57. The molecule has 26 heavy (non-hydrogen) atoms. The first-order valence-electron chi connectivity index (χ1n) is 10.9. The van der Waals surface area contributed by atoms with Crippen molar-refractivity contribution < 1.29 is 5.11 Å². The van der Waals surface area contributed by atoms with Gasteiger partial charge in [0.2, 0.25) is 0 Å². The minimum absolute atomic E-state index is 0.260. The van der Waals surface area contributed by atoms with E-state index in [1.165, 1.54) is 76.2 Å². The third kappa shape index (κ3) is 5.39. The van der Waals surface area contributed by atoms with Gasteiger partial charge in [0, 0.05) is 0 Å². The van der Waals surface area contributed by atoms with Gasteiger partial charge in [0.25, 0.3) is 0 Å². The van der Waals surface area contributed by atoms with E-state index in [-0.39, 0.29) is 5.41 Å². The van der Waals surface area contributed by atoms with Crippen LogP contribution >= 0.6 is 22.6 Å². The van der Waals surface area contributed by atoms with Crippen molar-refractivity contribution in [3.05, 3.63) is 26.8 Å². The first-order chi connectivity index (χ1) is 12.4. The Balaban J connectivity index is 2.41. The molecule has 1 fully saturated rings. The van der Waals surface area contributed by atoms with Crippen LogP contribution in [0, 0.1) is 9.49 Å². The van der Waals surface area contributed by atoms with Gasteiger partial charge in [-0.3, -0.25) is 0 Å². The Morgan fingerprint density at radius 1 is 0.808 bits per heavy atom. The fourth-order valence-corrected chi connectivity index (χ4v) is 5.44. The number of phenols is 1. The van der Waals surface area contributed by atoms with Crippen molar-refractivity contribution in [3.8, 4) is 5.75 Å². The number of rotatable bonds is 3. The fourth-order valence-electron chi connectivity index (χ4n) is 4.79. The average molecular weight is 470 g/mol. The molecule has 0 unspecified atom stereocenters. The summed E-state index contributed by atoms with van der Waals surface area (Å²) in [5.74, 6) is 1.49. The van der Waals surface area contributed by atoms with Gasteiger partial charge in [-0.2, -0.15) is 0 Å². The molecule has 1 N–H and O–H groups in total. The van der Waals surface area contributed by atoms with Crippen LogP contribution in [-0.2, 0) is 5.41 Å². The standard InChI is InChI=1S/C24H39IO/c1-18(2)21-16-20(17-22(25)23(21)26)24(19(3)4)14-12-10-8-6-5-7-9-11-13-15-24/h16-19,26H,5-15H2,1-4H3. The SMILES string of the molecule is CC(C)c1cc(C2(C(C)C)CCCCCCCCCCC2)cc(I)c1O. The number of hydrogen-bond donors (Lipinski definition) is 1. The number of halogens is 1. The molecular weight excluding hydrogens is 431 g/mol. The van der Waals surface area contributed by atoms with E-state index in [1.807, 2.05) is 0 Å². The summed E-state index contributed by atoms with van der Waals surface area (Å²) in [4.78, 5) is 0. The Bertz CT molecular complexity index is 550. The lowest BCUT2D eigenvalue weighted by Gasteiger charge is -2.40. The minimum Gasteiger partial charge on any atom is -0.507 e. The van der Waals surface area contributed by atoms with Gasteiger partial charge in [-0.05, 0) is 69.9 Å². The van der Waals surface area contributed by atoms with Crippen LogP contribution in [0.1, 0.15) is 115 Å². The van der Waals surface area contributed by atoms with E-state index in [9.17, 15) is 5.11 Å². The van der Waals surface area contributed by atoms with Crippen LogP contribution in [0.15, 0.2) is 12.1 Å². The zero-order valence-corrected chi connectivity index (χ0v) is 19.6. The van der Waals surface area contributed by atoms with E-state index < -0.39 is 0 Å². The van der Waals surface area contributed by atoms with E-state index in [0.717, 1.165) is 9.13 Å². The van der Waals surface area contributed by atoms with E-state index in [1.54, 1.807) is 0 Å². The Labute approximate surface area is 175 Å². The van der Waals surface area contributed by atoms with Crippen LogP contribution in [0.5, 0.6) is 5.75 Å². The lowest BCUT2D eigenvalue weighted by atomic mass is 9.65. The molecule has 1 aliphatic carbocycles. The number of hydrogen-bond acceptors (Lipinski definition) is 1. The zero-order valence-electron chi connectivity index (χ0n) is 17.4. The maximum Gasteiger partial charge on any atom is 0.132 e. The van der Waals surface area contributed by atoms with Gasteiger partial charge in [0.05, 0.1) is 3.57 Å². The monoisotopic (exact) mass is 470 g/mol. The second-order valence-electron chi connectivity index (χ2n) is 9.04. The molecule has 0 heterocycles. The Morgan fingerprint density at radius 2 is 1.27 bits per heavy atom. The molecule has 0 spiro atoms. The second kappa shape index (κ2) is 10.3. The lowest BCUT2D eigenvalue weighted by molar-refractivity contribution is 0.243. The van der Waals surface area contributed by atoms with Crippen molar-refractivity contribution in [1.82, 2.24) is 0 Å². The molecule has 0 aliphatic heterocycles. The first kappa shape index (κ1) is 22.0. The molecule has 2 heteroatoms. The summed E-state index contributed by atoms with van der Waals surface area (Å²) in [5, 5.41) is 10.6. The largest absolute Gasteiger partial charge is 0.507 e. The summed E-state index contributed by atoms with van der Waals surface area (Å²) in [7, 11) is 0. The van der Waals surface area contributed by atoms with Crippen molar-refractivity contribution in [2.45, 2.75) is 110 Å². The van der Waals surface area contributed by atoms with E-state index >= 15 is 0 Å². The number of aromatic hydroxyl groups is 1. The third-order valence-electron chi connectivity index (χ3n) is 6.64. The molecule has 2 rings (SSSR count). The maximum absolute atomic E-state index is 10.6. The second-order valence-corrected chi connectivity index (χ2v) is 10.2. The molecule has 1 nitrogen and oxygen atoms in total. The Kier molecular flexibility index (Phi) is 8.76. The predicted molar refractivity (Wildman–Crippen MR) is 122 cm³/mol. The molecule has 0 bridgehead atoms. The molecule has 0 atom stereocenters. The fraction of sp³-hybridized carbons (Fsp3) is 0.750. The molecule has 1 aromatic carbocycles. The molecular formula is C24H39IO. The first-order valence-corrected chi connectivity index (χ1v) is 12.0. The van der Waals surface area contributed by atoms with Gasteiger partial charge >= 0.3 is 0 Å². The van der Waals surface area contributed by atoms with Crippen LogP contribution < -0.4 is 0 Å². The minimum atomic E-state index is 0.260. The van der Waals surface area contributed by atoms with Crippen LogP contribution in [-0.4, -0.2) is 5.11 Å². The van der Waals surface area contributed by atoms with Crippen LogP contribution in [0.25, 0.3) is 0 Å². The normalized spacial score (nSPS) is 20.0. The summed E-state index contributed by atoms with van der Waals surface area (Å²) >= 11 is 2.33. The Morgan fingerprint density at radius 3 is 1.69 bits per heavy atom. The van der Waals surface area contributed by atoms with Crippen LogP contribution in [0.4, 0.5) is 0 Å². The van der Waals surface area contributed by atoms with Gasteiger partial charge in [0.15, 0.2) is 0 Å². The highest BCUT2D eigenvalue weighted by Crippen LogP contribution is 2.45. The maximum atomic E-state index is 10.6. The lowest BCUT2D eigenvalue weighted by Crippen LogP contribution is -2.33. The summed E-state index contributed by atoms with van der Waals surface area (Å²) in [6.07, 6.45) is 15.1. The van der Waals surface area contributed by atoms with Gasteiger partial charge < -0.3 is 5.11 Å². The van der Waals surface area contributed by atoms with Crippen LogP contribution in [0.3, 0.4) is 0 Å². The molecule has 1 aliphatic rings. The van der Waals surface area contributed by atoms with Crippen molar-refractivity contribution >= 4 is 22.6 Å². The summed E-state index contributed by atoms with van der Waals surface area (Å²) in [6, 6.07) is 4.63. The van der Waals surface area contributed by atoms with E-state index in [0.29, 0.717) is 17.6 Å². The highest BCUT2D eigenvalue weighted by molar-refractivity contribution is 14.1. The Hall–Kier alpha value is -0.250.